The van der Waals surface area contributed by atoms with Gasteiger partial charge in [-0.25, -0.2) is 18.1 Å². The molecule has 1 atom stereocenters. The average Bonchev–Trinajstić information content (AvgIpc) is 3.27. The number of hydrogen-bond donors (Lipinski definition) is 1. The zero-order valence-corrected chi connectivity index (χ0v) is 18.0. The van der Waals surface area contributed by atoms with E-state index in [1.807, 2.05) is 44.5 Å². The third-order valence-electron chi connectivity index (χ3n) is 5.45. The zero-order chi connectivity index (χ0) is 22.1. The number of nitrogens with zero attached hydrogens (tertiary/aromatic N) is 4. The first-order chi connectivity index (χ1) is 14.8. The Morgan fingerprint density at radius 1 is 0.968 bits per heavy atom. The van der Waals surface area contributed by atoms with Crippen LogP contribution in [0.15, 0.2) is 54.7 Å². The van der Waals surface area contributed by atoms with Crippen LogP contribution in [0, 0.1) is 32.4 Å². The van der Waals surface area contributed by atoms with Crippen LogP contribution in [0.4, 0.5) is 8.78 Å². The van der Waals surface area contributed by atoms with Crippen molar-refractivity contribution in [2.24, 2.45) is 0 Å². The van der Waals surface area contributed by atoms with Gasteiger partial charge in [-0.2, -0.15) is 10.2 Å². The number of halogens is 2. The minimum atomic E-state index is -0.303. The van der Waals surface area contributed by atoms with Gasteiger partial charge in [0.15, 0.2) is 0 Å². The van der Waals surface area contributed by atoms with E-state index in [0.29, 0.717) is 12.2 Å². The topological polar surface area (TPSA) is 47.7 Å². The summed E-state index contributed by atoms with van der Waals surface area (Å²) in [5.41, 5.74) is 6.15. The van der Waals surface area contributed by atoms with Gasteiger partial charge < -0.3 is 5.32 Å². The van der Waals surface area contributed by atoms with E-state index in [9.17, 15) is 8.78 Å². The first-order valence-electron chi connectivity index (χ1n) is 10.2. The summed E-state index contributed by atoms with van der Waals surface area (Å²) in [6.45, 7) is 8.35. The van der Waals surface area contributed by atoms with Crippen LogP contribution in [0.1, 0.15) is 41.2 Å². The van der Waals surface area contributed by atoms with Crippen molar-refractivity contribution >= 4 is 0 Å². The molecule has 0 saturated carbocycles. The van der Waals surface area contributed by atoms with Crippen LogP contribution in [-0.2, 0) is 6.54 Å². The number of aromatic nitrogens is 4. The van der Waals surface area contributed by atoms with Crippen molar-refractivity contribution in [2.75, 3.05) is 0 Å². The Bertz CT molecular complexity index is 1220. The zero-order valence-electron chi connectivity index (χ0n) is 18.0. The van der Waals surface area contributed by atoms with Crippen molar-refractivity contribution in [2.45, 2.75) is 40.3 Å². The van der Waals surface area contributed by atoms with Crippen LogP contribution in [0.2, 0.25) is 0 Å². The summed E-state index contributed by atoms with van der Waals surface area (Å²) in [6, 6.07) is 13.0. The number of rotatable bonds is 6. The molecule has 0 bridgehead atoms. The van der Waals surface area contributed by atoms with Gasteiger partial charge in [-0.3, -0.25) is 0 Å². The Morgan fingerprint density at radius 2 is 1.74 bits per heavy atom. The van der Waals surface area contributed by atoms with E-state index in [4.69, 9.17) is 0 Å². The second kappa shape index (κ2) is 8.43. The maximum atomic E-state index is 14.0. The number of hydrogen-bond acceptors (Lipinski definition) is 3. The Morgan fingerprint density at radius 3 is 2.45 bits per heavy atom. The Hall–Kier alpha value is -3.32. The minimum Gasteiger partial charge on any atom is -0.306 e. The van der Waals surface area contributed by atoms with Gasteiger partial charge in [-0.1, -0.05) is 6.07 Å². The molecule has 0 fully saturated rings. The first kappa shape index (κ1) is 20.9. The first-order valence-corrected chi connectivity index (χ1v) is 10.2. The average molecular weight is 421 g/mol. The van der Waals surface area contributed by atoms with Gasteiger partial charge in [-0.05, 0) is 75.7 Å². The normalized spacial score (nSPS) is 12.3. The highest BCUT2D eigenvalue weighted by molar-refractivity contribution is 5.42. The second-order valence-electron chi connectivity index (χ2n) is 7.79. The van der Waals surface area contributed by atoms with E-state index in [1.165, 1.54) is 24.3 Å². The molecule has 0 aliphatic rings. The van der Waals surface area contributed by atoms with E-state index in [-0.39, 0.29) is 17.7 Å². The molecule has 2 aromatic carbocycles. The van der Waals surface area contributed by atoms with Gasteiger partial charge >= 0.3 is 0 Å². The van der Waals surface area contributed by atoms with Gasteiger partial charge in [0.05, 0.1) is 23.3 Å². The Kier molecular flexibility index (Phi) is 5.69. The van der Waals surface area contributed by atoms with Gasteiger partial charge in [-0.15, -0.1) is 0 Å². The summed E-state index contributed by atoms with van der Waals surface area (Å²) in [5, 5.41) is 12.4. The van der Waals surface area contributed by atoms with Crippen molar-refractivity contribution < 1.29 is 8.78 Å². The lowest BCUT2D eigenvalue weighted by Crippen LogP contribution is -2.20. The monoisotopic (exact) mass is 421 g/mol. The summed E-state index contributed by atoms with van der Waals surface area (Å²) in [7, 11) is 0. The highest BCUT2D eigenvalue weighted by Crippen LogP contribution is 2.23. The molecule has 4 rings (SSSR count). The second-order valence-corrected chi connectivity index (χ2v) is 7.79. The highest BCUT2D eigenvalue weighted by Gasteiger charge is 2.16. The lowest BCUT2D eigenvalue weighted by atomic mass is 10.1. The van der Waals surface area contributed by atoms with Gasteiger partial charge in [0.25, 0.3) is 0 Å². The maximum Gasteiger partial charge on any atom is 0.125 e. The van der Waals surface area contributed by atoms with Crippen molar-refractivity contribution in [3.05, 3.63) is 94.6 Å². The number of nitrogens with one attached hydrogen (secondary N) is 1. The minimum absolute atomic E-state index is 0.0427. The molecule has 0 aliphatic heterocycles. The lowest BCUT2D eigenvalue weighted by molar-refractivity contribution is 0.563. The molecule has 7 heteroatoms. The fourth-order valence-electron chi connectivity index (χ4n) is 3.86. The maximum absolute atomic E-state index is 14.0. The largest absolute Gasteiger partial charge is 0.306 e. The standard InChI is InChI=1S/C24H25F2N5/c1-15-10-16(2)30(29-15)24-9-8-21(26)11-19(24)13-27-17(3)23-14-28-31(18(23)4)22-7-5-6-20(25)12-22/h5-12,14,17,27H,13H2,1-4H3/t17-/m0/s1. The molecule has 0 spiro atoms. The van der Waals surface area contributed by atoms with Crippen LogP contribution >= 0.6 is 0 Å². The number of benzene rings is 2. The fraction of sp³-hybridized carbons (Fsp3) is 0.250. The molecule has 0 unspecified atom stereocenters. The third-order valence-corrected chi connectivity index (χ3v) is 5.45. The molecule has 0 aliphatic carbocycles. The number of aryl methyl sites for hydroxylation is 2. The molecule has 31 heavy (non-hydrogen) atoms. The molecule has 0 radical (unpaired) electrons. The molecule has 0 amide bonds. The summed E-state index contributed by atoms with van der Waals surface area (Å²) < 4.78 is 31.2. The van der Waals surface area contributed by atoms with Gasteiger partial charge in [0, 0.05) is 29.5 Å². The van der Waals surface area contributed by atoms with E-state index in [1.54, 1.807) is 23.0 Å². The fourth-order valence-corrected chi connectivity index (χ4v) is 3.86. The van der Waals surface area contributed by atoms with E-state index < -0.39 is 0 Å². The van der Waals surface area contributed by atoms with Crippen molar-refractivity contribution in [1.29, 1.82) is 0 Å². The van der Waals surface area contributed by atoms with Crippen molar-refractivity contribution in [3.8, 4) is 11.4 Å². The molecule has 5 nitrogen and oxygen atoms in total. The van der Waals surface area contributed by atoms with Crippen LogP contribution < -0.4 is 5.32 Å². The van der Waals surface area contributed by atoms with Gasteiger partial charge in [0.1, 0.15) is 11.6 Å². The van der Waals surface area contributed by atoms with Crippen LogP contribution in [0.25, 0.3) is 11.4 Å². The van der Waals surface area contributed by atoms with Crippen molar-refractivity contribution in [1.82, 2.24) is 24.9 Å². The predicted molar refractivity (Wildman–Crippen MR) is 117 cm³/mol. The molecule has 0 saturated heterocycles. The molecule has 1 N–H and O–H groups in total. The summed E-state index contributed by atoms with van der Waals surface area (Å²) >= 11 is 0. The smallest absolute Gasteiger partial charge is 0.125 e. The highest BCUT2D eigenvalue weighted by atomic mass is 19.1. The lowest BCUT2D eigenvalue weighted by Gasteiger charge is -2.17. The third kappa shape index (κ3) is 4.27. The molecular weight excluding hydrogens is 396 g/mol. The predicted octanol–water partition coefficient (Wildman–Crippen LogP) is 5.11. The molecule has 2 heterocycles. The van der Waals surface area contributed by atoms with E-state index in [2.05, 4.69) is 15.5 Å². The Balaban J connectivity index is 1.57. The summed E-state index contributed by atoms with van der Waals surface area (Å²) in [5.74, 6) is -0.590. The van der Waals surface area contributed by atoms with E-state index in [0.717, 1.165) is 33.9 Å². The SMILES string of the molecule is Cc1cc(C)n(-c2ccc(F)cc2CN[C@@H](C)c2cnn(-c3cccc(F)c3)c2C)n1. The summed E-state index contributed by atoms with van der Waals surface area (Å²) in [4.78, 5) is 0. The van der Waals surface area contributed by atoms with E-state index >= 15 is 0 Å². The van der Waals surface area contributed by atoms with Gasteiger partial charge in [0.2, 0.25) is 0 Å². The molecule has 4 aromatic rings. The quantitative estimate of drug-likeness (QED) is 0.471. The van der Waals surface area contributed by atoms with Crippen molar-refractivity contribution in [3.63, 3.8) is 0 Å². The van der Waals surface area contributed by atoms with Crippen LogP contribution in [0.5, 0.6) is 0 Å². The molecule has 160 valence electrons. The summed E-state index contributed by atoms with van der Waals surface area (Å²) in [6.07, 6.45) is 1.78. The molecular formula is C24H25F2N5. The Labute approximate surface area is 180 Å². The molecule has 2 aromatic heterocycles. The van der Waals surface area contributed by atoms with Crippen LogP contribution in [0.3, 0.4) is 0 Å². The van der Waals surface area contributed by atoms with Crippen LogP contribution in [-0.4, -0.2) is 19.6 Å².